The van der Waals surface area contributed by atoms with Crippen molar-refractivity contribution in [2.75, 3.05) is 13.2 Å². The number of benzene rings is 1. The largest absolute Gasteiger partial charge is 0.492 e. The molecule has 19 heavy (non-hydrogen) atoms. The van der Waals surface area contributed by atoms with E-state index >= 15 is 0 Å². The number of nitrogens with one attached hydrogen (secondary N) is 1. The van der Waals surface area contributed by atoms with Crippen molar-refractivity contribution in [1.29, 1.82) is 0 Å². The highest BCUT2D eigenvalue weighted by Crippen LogP contribution is 2.19. The van der Waals surface area contributed by atoms with Crippen LogP contribution in [-0.2, 0) is 0 Å². The summed E-state index contributed by atoms with van der Waals surface area (Å²) in [5, 5.41) is 4.32. The number of halogens is 1. The molecule has 0 heterocycles. The molecular weight excluding hydrogens is 258 g/mol. The van der Waals surface area contributed by atoms with E-state index in [1.165, 1.54) is 12.8 Å². The van der Waals surface area contributed by atoms with E-state index in [4.69, 9.17) is 16.3 Å². The van der Waals surface area contributed by atoms with E-state index in [-0.39, 0.29) is 0 Å². The first-order valence-corrected chi connectivity index (χ1v) is 7.70. The first-order chi connectivity index (χ1) is 9.21. The Balaban J connectivity index is 2.56. The molecule has 0 aliphatic rings. The summed E-state index contributed by atoms with van der Waals surface area (Å²) in [4.78, 5) is 0. The van der Waals surface area contributed by atoms with E-state index in [1.807, 2.05) is 24.3 Å². The van der Waals surface area contributed by atoms with Gasteiger partial charge in [0.05, 0.1) is 0 Å². The third kappa shape index (κ3) is 5.84. The third-order valence-electron chi connectivity index (χ3n) is 3.50. The SMILES string of the molecule is CCCNC(COc1cccc(Cl)c1)C(CC)CC. The summed E-state index contributed by atoms with van der Waals surface area (Å²) in [5.74, 6) is 1.51. The Morgan fingerprint density at radius 3 is 2.53 bits per heavy atom. The fourth-order valence-corrected chi connectivity index (χ4v) is 2.47. The quantitative estimate of drug-likeness (QED) is 0.719. The number of hydrogen-bond acceptors (Lipinski definition) is 2. The molecule has 2 nitrogen and oxygen atoms in total. The average molecular weight is 284 g/mol. The maximum atomic E-state index is 5.97. The molecule has 0 aliphatic carbocycles. The first-order valence-electron chi connectivity index (χ1n) is 7.32. The van der Waals surface area contributed by atoms with E-state index in [0.717, 1.165) is 23.7 Å². The zero-order chi connectivity index (χ0) is 14.1. The second-order valence-electron chi connectivity index (χ2n) is 4.91. The third-order valence-corrected chi connectivity index (χ3v) is 3.74. The Labute approximate surface area is 122 Å². The van der Waals surface area contributed by atoms with Crippen LogP contribution >= 0.6 is 11.6 Å². The zero-order valence-corrected chi connectivity index (χ0v) is 13.0. The first kappa shape index (κ1) is 16.3. The zero-order valence-electron chi connectivity index (χ0n) is 12.3. The van der Waals surface area contributed by atoms with Crippen molar-refractivity contribution in [3.8, 4) is 5.75 Å². The molecule has 0 aliphatic heterocycles. The van der Waals surface area contributed by atoms with Crippen LogP contribution in [0.25, 0.3) is 0 Å². The van der Waals surface area contributed by atoms with Crippen LogP contribution in [-0.4, -0.2) is 19.2 Å². The fourth-order valence-electron chi connectivity index (χ4n) is 2.29. The van der Waals surface area contributed by atoms with Gasteiger partial charge in [0.2, 0.25) is 0 Å². The topological polar surface area (TPSA) is 21.3 Å². The standard InChI is InChI=1S/C16H26ClNO/c1-4-10-18-16(13(5-2)6-3)12-19-15-9-7-8-14(17)11-15/h7-9,11,13,16,18H,4-6,10,12H2,1-3H3. The van der Waals surface area contributed by atoms with Gasteiger partial charge in [0.15, 0.2) is 0 Å². The molecule has 0 saturated heterocycles. The van der Waals surface area contributed by atoms with Crippen LogP contribution in [0, 0.1) is 5.92 Å². The highest BCUT2D eigenvalue weighted by atomic mass is 35.5. The number of rotatable bonds is 9. The van der Waals surface area contributed by atoms with Crippen molar-refractivity contribution >= 4 is 11.6 Å². The fraction of sp³-hybridized carbons (Fsp3) is 0.625. The Morgan fingerprint density at radius 1 is 1.21 bits per heavy atom. The van der Waals surface area contributed by atoms with Gasteiger partial charge in [-0.25, -0.2) is 0 Å². The van der Waals surface area contributed by atoms with Crippen LogP contribution in [0.5, 0.6) is 5.75 Å². The second kappa shape index (κ2) is 9.22. The highest BCUT2D eigenvalue weighted by Gasteiger charge is 2.18. The maximum absolute atomic E-state index is 5.97. The lowest BCUT2D eigenvalue weighted by atomic mass is 9.94. The highest BCUT2D eigenvalue weighted by molar-refractivity contribution is 6.30. The predicted molar refractivity (Wildman–Crippen MR) is 83.1 cm³/mol. The van der Waals surface area contributed by atoms with E-state index in [2.05, 4.69) is 26.1 Å². The molecule has 0 amide bonds. The number of hydrogen-bond donors (Lipinski definition) is 1. The van der Waals surface area contributed by atoms with Gasteiger partial charge in [-0.3, -0.25) is 0 Å². The molecule has 1 atom stereocenters. The normalized spacial score (nSPS) is 12.7. The summed E-state index contributed by atoms with van der Waals surface area (Å²) < 4.78 is 5.88. The lowest BCUT2D eigenvalue weighted by molar-refractivity contribution is 0.209. The summed E-state index contributed by atoms with van der Waals surface area (Å²) in [5.41, 5.74) is 0. The smallest absolute Gasteiger partial charge is 0.120 e. The van der Waals surface area contributed by atoms with Gasteiger partial charge in [0.25, 0.3) is 0 Å². The van der Waals surface area contributed by atoms with Crippen LogP contribution in [0.15, 0.2) is 24.3 Å². The van der Waals surface area contributed by atoms with Crippen molar-refractivity contribution in [1.82, 2.24) is 5.32 Å². The summed E-state index contributed by atoms with van der Waals surface area (Å²) in [6.45, 7) is 8.42. The van der Waals surface area contributed by atoms with Crippen molar-refractivity contribution in [3.05, 3.63) is 29.3 Å². The molecule has 0 fully saturated rings. The van der Waals surface area contributed by atoms with Crippen LogP contribution in [0.2, 0.25) is 5.02 Å². The Bertz CT molecular complexity index is 352. The molecule has 1 aromatic carbocycles. The minimum Gasteiger partial charge on any atom is -0.492 e. The molecule has 3 heteroatoms. The van der Waals surface area contributed by atoms with E-state index in [9.17, 15) is 0 Å². The average Bonchev–Trinajstić information content (AvgIpc) is 2.42. The van der Waals surface area contributed by atoms with Crippen LogP contribution < -0.4 is 10.1 Å². The molecule has 1 N–H and O–H groups in total. The molecule has 1 unspecified atom stereocenters. The van der Waals surface area contributed by atoms with Gasteiger partial charge < -0.3 is 10.1 Å². The minimum atomic E-state index is 0.411. The lowest BCUT2D eigenvalue weighted by Gasteiger charge is -2.26. The Hall–Kier alpha value is -0.730. The van der Waals surface area contributed by atoms with Crippen molar-refractivity contribution in [3.63, 3.8) is 0 Å². The maximum Gasteiger partial charge on any atom is 0.120 e. The number of ether oxygens (including phenoxy) is 1. The van der Waals surface area contributed by atoms with Gasteiger partial charge in [-0.15, -0.1) is 0 Å². The van der Waals surface area contributed by atoms with Gasteiger partial charge in [-0.1, -0.05) is 51.3 Å². The summed E-state index contributed by atoms with van der Waals surface area (Å²) in [6, 6.07) is 8.01. The molecule has 1 aromatic rings. The monoisotopic (exact) mass is 283 g/mol. The second-order valence-corrected chi connectivity index (χ2v) is 5.34. The molecule has 0 aromatic heterocycles. The van der Waals surface area contributed by atoms with Gasteiger partial charge >= 0.3 is 0 Å². The summed E-state index contributed by atoms with van der Waals surface area (Å²) >= 11 is 5.97. The molecular formula is C16H26ClNO. The van der Waals surface area contributed by atoms with E-state index in [1.54, 1.807) is 0 Å². The molecule has 1 rings (SSSR count). The van der Waals surface area contributed by atoms with Crippen LogP contribution in [0.4, 0.5) is 0 Å². The van der Waals surface area contributed by atoms with E-state index < -0.39 is 0 Å². The Kier molecular flexibility index (Phi) is 7.92. The molecule has 0 saturated carbocycles. The summed E-state index contributed by atoms with van der Waals surface area (Å²) in [6.07, 6.45) is 3.50. The van der Waals surface area contributed by atoms with Crippen molar-refractivity contribution in [2.45, 2.75) is 46.1 Å². The van der Waals surface area contributed by atoms with Gasteiger partial charge in [-0.05, 0) is 37.1 Å². The molecule has 0 radical (unpaired) electrons. The van der Waals surface area contributed by atoms with Gasteiger partial charge in [0, 0.05) is 11.1 Å². The van der Waals surface area contributed by atoms with E-state index in [0.29, 0.717) is 18.6 Å². The van der Waals surface area contributed by atoms with Crippen molar-refractivity contribution < 1.29 is 4.74 Å². The Morgan fingerprint density at radius 2 is 1.95 bits per heavy atom. The molecule has 0 spiro atoms. The predicted octanol–water partition coefficient (Wildman–Crippen LogP) is 4.52. The molecule has 0 bridgehead atoms. The molecule has 108 valence electrons. The minimum absolute atomic E-state index is 0.411. The summed E-state index contributed by atoms with van der Waals surface area (Å²) in [7, 11) is 0. The van der Waals surface area contributed by atoms with Gasteiger partial charge in [-0.2, -0.15) is 0 Å². The van der Waals surface area contributed by atoms with Crippen LogP contribution in [0.1, 0.15) is 40.0 Å². The van der Waals surface area contributed by atoms with Crippen molar-refractivity contribution in [2.24, 2.45) is 5.92 Å². The lowest BCUT2D eigenvalue weighted by Crippen LogP contribution is -2.41. The van der Waals surface area contributed by atoms with Crippen LogP contribution in [0.3, 0.4) is 0 Å². The van der Waals surface area contributed by atoms with Gasteiger partial charge in [0.1, 0.15) is 12.4 Å².